The molecule has 0 radical (unpaired) electrons. The van der Waals surface area contributed by atoms with Gasteiger partial charge in [-0.15, -0.1) is 0 Å². The molecule has 0 heterocycles. The summed E-state index contributed by atoms with van der Waals surface area (Å²) in [5, 5.41) is 9.22. The van der Waals surface area contributed by atoms with Crippen LogP contribution in [0.4, 0.5) is 17.6 Å². The normalized spacial score (nSPS) is 24.4. The van der Waals surface area contributed by atoms with Gasteiger partial charge in [0.05, 0.1) is 11.1 Å². The maximum atomic E-state index is 14.2. The van der Waals surface area contributed by atoms with Crippen molar-refractivity contribution in [2.75, 3.05) is 7.05 Å². The minimum Gasteiger partial charge on any atom is -0.478 e. The first-order chi connectivity index (χ1) is 17.4. The number of hydrogen-bond acceptors (Lipinski definition) is 2. The number of allylic oxidation sites excluding steroid dienone is 4. The van der Waals surface area contributed by atoms with E-state index in [1.807, 2.05) is 6.92 Å². The molecule has 1 aromatic rings. The summed E-state index contributed by atoms with van der Waals surface area (Å²) in [4.78, 5) is 19.9. The van der Waals surface area contributed by atoms with Crippen molar-refractivity contribution in [2.24, 2.45) is 27.7 Å². The lowest BCUT2D eigenvalue weighted by molar-refractivity contribution is -0.0898. The van der Waals surface area contributed by atoms with Gasteiger partial charge in [0.2, 0.25) is 0 Å². The number of carbonyl (C=O) groups is 1. The predicted octanol–water partition coefficient (Wildman–Crippen LogP) is 8.18. The Morgan fingerprint density at radius 1 is 1.11 bits per heavy atom. The fourth-order valence-corrected chi connectivity index (χ4v) is 5.59. The van der Waals surface area contributed by atoms with Gasteiger partial charge in [0.15, 0.2) is 5.84 Å². The van der Waals surface area contributed by atoms with E-state index in [0.29, 0.717) is 35.6 Å². The zero-order valence-electron chi connectivity index (χ0n) is 22.0. The molecule has 2 aliphatic rings. The maximum absolute atomic E-state index is 14.2. The van der Waals surface area contributed by atoms with E-state index in [0.717, 1.165) is 44.2 Å². The number of aromatic carboxylic acids is 1. The average Bonchev–Trinajstić information content (AvgIpc) is 2.81. The molecule has 0 amide bonds. The Bertz CT molecular complexity index is 1130. The number of benzene rings is 1. The molecule has 0 aromatic heterocycles. The smallest absolute Gasteiger partial charge is 0.416 e. The van der Waals surface area contributed by atoms with Gasteiger partial charge in [0, 0.05) is 18.3 Å². The second kappa shape index (κ2) is 12.2. The molecule has 1 saturated carbocycles. The predicted molar refractivity (Wildman–Crippen MR) is 139 cm³/mol. The van der Waals surface area contributed by atoms with Crippen LogP contribution in [0.2, 0.25) is 0 Å². The Kier molecular flexibility index (Phi) is 9.48. The molecular formula is C29H36F4N2O2. The summed E-state index contributed by atoms with van der Waals surface area (Å²) in [5.41, 5.74) is 0.498. The van der Waals surface area contributed by atoms with Crippen molar-refractivity contribution in [1.82, 2.24) is 0 Å². The van der Waals surface area contributed by atoms with E-state index in [9.17, 15) is 27.5 Å². The van der Waals surface area contributed by atoms with Crippen molar-refractivity contribution < 1.29 is 27.5 Å². The van der Waals surface area contributed by atoms with Crippen molar-refractivity contribution >= 4 is 17.5 Å². The van der Waals surface area contributed by atoms with Crippen LogP contribution < -0.4 is 0 Å². The fourth-order valence-electron chi connectivity index (χ4n) is 5.59. The maximum Gasteiger partial charge on any atom is 0.416 e. The fraction of sp³-hybridized carbons (Fsp3) is 0.552. The SMILES string of the molecule is CN=C(N=C(C)C1=CC(C(F)(F)F)=C(CC2CCCCCCC2C)CC1C)c1ccc(F)c(C(=O)O)c1. The Morgan fingerprint density at radius 2 is 1.78 bits per heavy atom. The number of carboxylic acids is 1. The van der Waals surface area contributed by atoms with E-state index in [2.05, 4.69) is 16.9 Å². The third-order valence-corrected chi connectivity index (χ3v) is 7.73. The Morgan fingerprint density at radius 3 is 2.41 bits per heavy atom. The highest BCUT2D eigenvalue weighted by molar-refractivity contribution is 6.12. The lowest BCUT2D eigenvalue weighted by atomic mass is 9.74. The first-order valence-corrected chi connectivity index (χ1v) is 13.0. The van der Waals surface area contributed by atoms with Gasteiger partial charge >= 0.3 is 12.1 Å². The number of aliphatic imine (C=N–C) groups is 2. The van der Waals surface area contributed by atoms with Crippen LogP contribution in [-0.2, 0) is 0 Å². The minimum atomic E-state index is -4.47. The number of halogens is 4. The zero-order chi connectivity index (χ0) is 27.3. The molecule has 0 bridgehead atoms. The molecule has 1 fully saturated rings. The first kappa shape index (κ1) is 28.8. The van der Waals surface area contributed by atoms with Gasteiger partial charge in [0.1, 0.15) is 5.82 Å². The number of carboxylic acid groups (broad SMARTS) is 1. The van der Waals surface area contributed by atoms with Gasteiger partial charge in [-0.2, -0.15) is 13.2 Å². The summed E-state index contributed by atoms with van der Waals surface area (Å²) in [6, 6.07) is 3.50. The van der Waals surface area contributed by atoms with Gasteiger partial charge < -0.3 is 5.11 Å². The summed E-state index contributed by atoms with van der Waals surface area (Å²) in [5.74, 6) is -1.70. The topological polar surface area (TPSA) is 62.0 Å². The number of nitrogens with zero attached hydrogens (tertiary/aromatic N) is 2. The number of rotatable bonds is 5. The van der Waals surface area contributed by atoms with Crippen LogP contribution in [0.1, 0.15) is 88.1 Å². The van der Waals surface area contributed by atoms with Crippen molar-refractivity contribution in [3.05, 3.63) is 57.9 Å². The van der Waals surface area contributed by atoms with Crippen molar-refractivity contribution in [3.63, 3.8) is 0 Å². The molecule has 4 nitrogen and oxygen atoms in total. The van der Waals surface area contributed by atoms with Gasteiger partial charge in [0.25, 0.3) is 0 Å². The van der Waals surface area contributed by atoms with E-state index in [-0.39, 0.29) is 23.2 Å². The van der Waals surface area contributed by atoms with Crippen LogP contribution in [-0.4, -0.2) is 35.8 Å². The van der Waals surface area contributed by atoms with Crippen LogP contribution in [0.5, 0.6) is 0 Å². The zero-order valence-corrected chi connectivity index (χ0v) is 22.0. The summed E-state index contributed by atoms with van der Waals surface area (Å²) in [7, 11) is 1.45. The van der Waals surface area contributed by atoms with Gasteiger partial charge in [-0.1, -0.05) is 51.5 Å². The second-order valence-electron chi connectivity index (χ2n) is 10.4. The highest BCUT2D eigenvalue weighted by Crippen LogP contribution is 2.43. The van der Waals surface area contributed by atoms with E-state index in [1.165, 1.54) is 25.6 Å². The third-order valence-electron chi connectivity index (χ3n) is 7.73. The second-order valence-corrected chi connectivity index (χ2v) is 10.4. The van der Waals surface area contributed by atoms with Crippen LogP contribution >= 0.6 is 0 Å². The van der Waals surface area contributed by atoms with Crippen molar-refractivity contribution in [2.45, 2.75) is 78.3 Å². The lowest BCUT2D eigenvalue weighted by Gasteiger charge is -2.32. The molecular weight excluding hydrogens is 484 g/mol. The monoisotopic (exact) mass is 520 g/mol. The number of hydrogen-bond donors (Lipinski definition) is 1. The molecule has 37 heavy (non-hydrogen) atoms. The molecule has 3 atom stereocenters. The molecule has 0 aliphatic heterocycles. The van der Waals surface area contributed by atoms with E-state index < -0.39 is 29.1 Å². The third kappa shape index (κ3) is 7.17. The average molecular weight is 521 g/mol. The molecule has 202 valence electrons. The summed E-state index contributed by atoms with van der Waals surface area (Å²) < 4.78 is 56.6. The lowest BCUT2D eigenvalue weighted by Crippen LogP contribution is -2.24. The summed E-state index contributed by atoms with van der Waals surface area (Å²) in [6.07, 6.45) is 4.13. The van der Waals surface area contributed by atoms with Crippen LogP contribution in [0, 0.1) is 23.6 Å². The summed E-state index contributed by atoms with van der Waals surface area (Å²) >= 11 is 0. The van der Waals surface area contributed by atoms with Crippen LogP contribution in [0.15, 0.2) is 51.0 Å². The van der Waals surface area contributed by atoms with Gasteiger partial charge in [-0.3, -0.25) is 4.99 Å². The molecule has 0 spiro atoms. The van der Waals surface area contributed by atoms with Crippen LogP contribution in [0.25, 0.3) is 0 Å². The van der Waals surface area contributed by atoms with Crippen molar-refractivity contribution in [1.29, 1.82) is 0 Å². The van der Waals surface area contributed by atoms with Crippen LogP contribution in [0.3, 0.4) is 0 Å². The summed E-state index contributed by atoms with van der Waals surface area (Å²) in [6.45, 7) is 5.71. The quantitative estimate of drug-likeness (QED) is 0.242. The van der Waals surface area contributed by atoms with E-state index in [4.69, 9.17) is 0 Å². The Hall–Kier alpha value is -2.77. The standard InChI is InChI=1S/C29H36F4N2O2/c1-17-9-7-5-6-8-10-20(17)14-22-13-18(2)23(16-25(22)29(31,32)33)19(3)35-27(34-4)21-11-12-26(30)24(15-21)28(36)37/h11-12,15-18,20H,5-10,13-14H2,1-4H3,(H,36,37). The highest BCUT2D eigenvalue weighted by Gasteiger charge is 2.39. The Labute approximate surface area is 216 Å². The Balaban J connectivity index is 1.97. The molecule has 8 heteroatoms. The van der Waals surface area contributed by atoms with Gasteiger partial charge in [-0.25, -0.2) is 14.2 Å². The molecule has 3 unspecified atom stereocenters. The molecule has 2 aliphatic carbocycles. The van der Waals surface area contributed by atoms with E-state index in [1.54, 1.807) is 6.92 Å². The van der Waals surface area contributed by atoms with E-state index >= 15 is 0 Å². The van der Waals surface area contributed by atoms with Crippen molar-refractivity contribution in [3.8, 4) is 0 Å². The number of alkyl halides is 3. The minimum absolute atomic E-state index is 0.125. The van der Waals surface area contributed by atoms with Gasteiger partial charge in [-0.05, 0) is 73.8 Å². The molecule has 0 saturated heterocycles. The first-order valence-electron chi connectivity index (χ1n) is 13.0. The highest BCUT2D eigenvalue weighted by atomic mass is 19.4. The molecule has 3 rings (SSSR count). The largest absolute Gasteiger partial charge is 0.478 e. The number of amidine groups is 1. The molecule has 1 N–H and O–H groups in total. The molecule has 1 aromatic carbocycles.